The Bertz CT molecular complexity index is 485. The highest BCUT2D eigenvalue weighted by atomic mass is 32.2. The van der Waals surface area contributed by atoms with Gasteiger partial charge in [0.1, 0.15) is 0 Å². The van der Waals surface area contributed by atoms with Crippen LogP contribution in [0, 0.1) is 0 Å². The number of sulfonamides is 1. The molecule has 1 atom stereocenters. The third-order valence-corrected chi connectivity index (χ3v) is 4.27. The average Bonchev–Trinajstić information content (AvgIpc) is 2.66. The van der Waals surface area contributed by atoms with Gasteiger partial charge in [0, 0.05) is 12.2 Å². The number of nitrogen functional groups attached to an aromatic ring is 1. The number of anilines is 1. The van der Waals surface area contributed by atoms with Crippen LogP contribution in [0.5, 0.6) is 0 Å². The van der Waals surface area contributed by atoms with Gasteiger partial charge in [0.25, 0.3) is 0 Å². The molecule has 0 aromatic heterocycles. The van der Waals surface area contributed by atoms with Crippen LogP contribution < -0.4 is 5.73 Å². The molecular formula is C11H16N2O2S. The van der Waals surface area contributed by atoms with Gasteiger partial charge in [-0.3, -0.25) is 0 Å². The molecule has 0 radical (unpaired) electrons. The maximum atomic E-state index is 11.6. The minimum atomic E-state index is -3.14. The minimum absolute atomic E-state index is 0.0869. The summed E-state index contributed by atoms with van der Waals surface area (Å²) in [6.45, 7) is 0.595. The summed E-state index contributed by atoms with van der Waals surface area (Å²) in [6, 6.07) is 7.39. The number of para-hydroxylation sites is 1. The first-order valence-electron chi connectivity index (χ1n) is 5.31. The molecule has 1 heterocycles. The highest BCUT2D eigenvalue weighted by Crippen LogP contribution is 2.36. The third kappa shape index (κ3) is 2.05. The topological polar surface area (TPSA) is 63.4 Å². The van der Waals surface area contributed by atoms with E-state index in [9.17, 15) is 8.42 Å². The van der Waals surface area contributed by atoms with E-state index in [-0.39, 0.29) is 6.04 Å². The van der Waals surface area contributed by atoms with Crippen LogP contribution in [0.1, 0.15) is 24.4 Å². The van der Waals surface area contributed by atoms with Gasteiger partial charge in [-0.15, -0.1) is 0 Å². The van der Waals surface area contributed by atoms with Gasteiger partial charge < -0.3 is 5.73 Å². The first-order chi connectivity index (χ1) is 7.50. The van der Waals surface area contributed by atoms with Crippen LogP contribution in [0.2, 0.25) is 0 Å². The molecule has 0 spiro atoms. The Labute approximate surface area is 96.1 Å². The Morgan fingerprint density at radius 3 is 2.69 bits per heavy atom. The van der Waals surface area contributed by atoms with Crippen LogP contribution in [0.15, 0.2) is 24.3 Å². The summed E-state index contributed by atoms with van der Waals surface area (Å²) < 4.78 is 24.8. The molecule has 2 N–H and O–H groups in total. The van der Waals surface area contributed by atoms with Crippen molar-refractivity contribution in [1.29, 1.82) is 0 Å². The molecule has 1 aromatic carbocycles. The molecule has 4 nitrogen and oxygen atoms in total. The van der Waals surface area contributed by atoms with Gasteiger partial charge in [0.05, 0.1) is 12.3 Å². The Kier molecular flexibility index (Phi) is 2.90. The second kappa shape index (κ2) is 4.07. The smallest absolute Gasteiger partial charge is 0.211 e. The molecule has 0 amide bonds. The monoisotopic (exact) mass is 240 g/mol. The van der Waals surface area contributed by atoms with E-state index in [1.54, 1.807) is 4.31 Å². The molecule has 16 heavy (non-hydrogen) atoms. The van der Waals surface area contributed by atoms with E-state index in [1.165, 1.54) is 6.26 Å². The third-order valence-electron chi connectivity index (χ3n) is 2.98. The van der Waals surface area contributed by atoms with Crippen LogP contribution in [-0.4, -0.2) is 25.5 Å². The van der Waals surface area contributed by atoms with Gasteiger partial charge in [-0.05, 0) is 24.5 Å². The van der Waals surface area contributed by atoms with Gasteiger partial charge in [-0.25, -0.2) is 8.42 Å². The molecule has 5 heteroatoms. The van der Waals surface area contributed by atoms with Crippen molar-refractivity contribution in [3.63, 3.8) is 0 Å². The largest absolute Gasteiger partial charge is 0.398 e. The summed E-state index contributed by atoms with van der Waals surface area (Å²) in [6.07, 6.45) is 3.00. The Morgan fingerprint density at radius 1 is 1.38 bits per heavy atom. The maximum absolute atomic E-state index is 11.6. The molecule has 0 aliphatic carbocycles. The second-order valence-electron chi connectivity index (χ2n) is 4.16. The lowest BCUT2D eigenvalue weighted by atomic mass is 10.0. The summed E-state index contributed by atoms with van der Waals surface area (Å²) >= 11 is 0. The number of hydrogen-bond donors (Lipinski definition) is 1. The predicted molar refractivity (Wildman–Crippen MR) is 64.4 cm³/mol. The highest BCUT2D eigenvalue weighted by molar-refractivity contribution is 7.88. The number of nitrogens with two attached hydrogens (primary N) is 1. The summed E-state index contributed by atoms with van der Waals surface area (Å²) in [5, 5.41) is 0. The second-order valence-corrected chi connectivity index (χ2v) is 6.10. The first-order valence-corrected chi connectivity index (χ1v) is 7.16. The summed E-state index contributed by atoms with van der Waals surface area (Å²) in [5.41, 5.74) is 7.48. The zero-order chi connectivity index (χ0) is 11.8. The Balaban J connectivity index is 2.38. The molecule has 1 aromatic rings. The fraction of sp³-hybridized carbons (Fsp3) is 0.455. The van der Waals surface area contributed by atoms with Crippen molar-refractivity contribution in [3.8, 4) is 0 Å². The van der Waals surface area contributed by atoms with Crippen LogP contribution in [0.4, 0.5) is 5.69 Å². The SMILES string of the molecule is CS(=O)(=O)N1CCCC1c1ccccc1N. The van der Waals surface area contributed by atoms with Crippen molar-refractivity contribution >= 4 is 15.7 Å². The van der Waals surface area contributed by atoms with Crippen molar-refractivity contribution < 1.29 is 8.42 Å². The molecule has 0 saturated carbocycles. The molecule has 1 saturated heterocycles. The lowest BCUT2D eigenvalue weighted by Gasteiger charge is -2.23. The molecular weight excluding hydrogens is 224 g/mol. The van der Waals surface area contributed by atoms with Crippen molar-refractivity contribution in [2.75, 3.05) is 18.5 Å². The quantitative estimate of drug-likeness (QED) is 0.794. The van der Waals surface area contributed by atoms with E-state index in [0.717, 1.165) is 18.4 Å². The van der Waals surface area contributed by atoms with E-state index in [1.807, 2.05) is 24.3 Å². The van der Waals surface area contributed by atoms with Crippen LogP contribution in [-0.2, 0) is 10.0 Å². The Morgan fingerprint density at radius 2 is 2.06 bits per heavy atom. The molecule has 1 aliphatic heterocycles. The molecule has 1 unspecified atom stereocenters. The molecule has 0 bridgehead atoms. The van der Waals surface area contributed by atoms with Crippen molar-refractivity contribution in [1.82, 2.24) is 4.31 Å². The summed E-state index contributed by atoms with van der Waals surface area (Å²) in [7, 11) is -3.14. The van der Waals surface area contributed by atoms with Crippen LogP contribution in [0.3, 0.4) is 0 Å². The van der Waals surface area contributed by atoms with Crippen molar-refractivity contribution in [2.24, 2.45) is 0 Å². The van der Waals surface area contributed by atoms with E-state index in [0.29, 0.717) is 12.2 Å². The normalized spacial score (nSPS) is 22.4. The van der Waals surface area contributed by atoms with Gasteiger partial charge in [-0.2, -0.15) is 4.31 Å². The minimum Gasteiger partial charge on any atom is -0.398 e. The number of benzene rings is 1. The fourth-order valence-corrected chi connectivity index (χ4v) is 3.40. The van der Waals surface area contributed by atoms with E-state index < -0.39 is 10.0 Å². The van der Waals surface area contributed by atoms with Gasteiger partial charge >= 0.3 is 0 Å². The lowest BCUT2D eigenvalue weighted by Crippen LogP contribution is -2.29. The van der Waals surface area contributed by atoms with Crippen LogP contribution in [0.25, 0.3) is 0 Å². The van der Waals surface area contributed by atoms with E-state index >= 15 is 0 Å². The zero-order valence-electron chi connectivity index (χ0n) is 9.26. The fourth-order valence-electron chi connectivity index (χ4n) is 2.26. The van der Waals surface area contributed by atoms with Crippen molar-refractivity contribution in [2.45, 2.75) is 18.9 Å². The van der Waals surface area contributed by atoms with Crippen LogP contribution >= 0.6 is 0 Å². The van der Waals surface area contributed by atoms with Gasteiger partial charge in [0.15, 0.2) is 0 Å². The van der Waals surface area contributed by atoms with Gasteiger partial charge in [0.2, 0.25) is 10.0 Å². The summed E-state index contributed by atoms with van der Waals surface area (Å²) in [4.78, 5) is 0. The standard InChI is InChI=1S/C11H16N2O2S/c1-16(14,15)13-8-4-7-11(13)9-5-2-3-6-10(9)12/h2-3,5-6,11H,4,7-8,12H2,1H3. The first kappa shape index (κ1) is 11.4. The maximum Gasteiger partial charge on any atom is 0.211 e. The van der Waals surface area contributed by atoms with Gasteiger partial charge in [-0.1, -0.05) is 18.2 Å². The molecule has 88 valence electrons. The highest BCUT2D eigenvalue weighted by Gasteiger charge is 2.33. The number of hydrogen-bond acceptors (Lipinski definition) is 3. The van der Waals surface area contributed by atoms with E-state index in [4.69, 9.17) is 5.73 Å². The predicted octanol–water partition coefficient (Wildman–Crippen LogP) is 1.37. The molecule has 1 fully saturated rings. The zero-order valence-corrected chi connectivity index (χ0v) is 10.1. The average molecular weight is 240 g/mol. The van der Waals surface area contributed by atoms with E-state index in [2.05, 4.69) is 0 Å². The lowest BCUT2D eigenvalue weighted by molar-refractivity contribution is 0.401. The summed E-state index contributed by atoms with van der Waals surface area (Å²) in [5.74, 6) is 0. The number of rotatable bonds is 2. The van der Waals surface area contributed by atoms with Crippen molar-refractivity contribution in [3.05, 3.63) is 29.8 Å². The molecule has 1 aliphatic rings. The Hall–Kier alpha value is -1.07. The molecule has 2 rings (SSSR count). The number of nitrogens with zero attached hydrogens (tertiary/aromatic N) is 1.